The Morgan fingerprint density at radius 1 is 1.00 bits per heavy atom. The van der Waals surface area contributed by atoms with Gasteiger partial charge in [-0.05, 0) is 51.2 Å². The van der Waals surface area contributed by atoms with Gasteiger partial charge in [0.2, 0.25) is 0 Å². The molecule has 0 radical (unpaired) electrons. The summed E-state index contributed by atoms with van der Waals surface area (Å²) in [5.41, 5.74) is 0. The van der Waals surface area contributed by atoms with Crippen LogP contribution < -0.4 is 5.32 Å². The third-order valence-electron chi connectivity index (χ3n) is 4.91. The van der Waals surface area contributed by atoms with Crippen molar-refractivity contribution >= 4 is 0 Å². The van der Waals surface area contributed by atoms with E-state index in [9.17, 15) is 0 Å². The number of ether oxygens (including phenoxy) is 1. The van der Waals surface area contributed by atoms with Gasteiger partial charge in [-0.3, -0.25) is 0 Å². The molecule has 0 spiro atoms. The number of hydrogen-bond acceptors (Lipinski definition) is 3. The minimum atomic E-state index is 0.834. The number of hydrogen-bond donors (Lipinski definition) is 1. The summed E-state index contributed by atoms with van der Waals surface area (Å²) in [4.78, 5) is 2.79. The maximum atomic E-state index is 5.07. The number of methoxy groups -OCH3 is 1. The van der Waals surface area contributed by atoms with Crippen LogP contribution in [0.25, 0.3) is 0 Å². The number of nitrogens with zero attached hydrogens (tertiary/aromatic N) is 1. The van der Waals surface area contributed by atoms with Gasteiger partial charge in [-0.15, -0.1) is 0 Å². The molecule has 19 heavy (non-hydrogen) atoms. The average molecular weight is 268 g/mol. The maximum absolute atomic E-state index is 5.07. The minimum Gasteiger partial charge on any atom is -0.383 e. The Morgan fingerprint density at radius 2 is 1.68 bits per heavy atom. The molecule has 1 aliphatic heterocycles. The Balaban J connectivity index is 1.61. The number of rotatable bonds is 6. The second-order valence-corrected chi connectivity index (χ2v) is 6.32. The highest BCUT2D eigenvalue weighted by atomic mass is 16.5. The Kier molecular flexibility index (Phi) is 7.18. The van der Waals surface area contributed by atoms with Gasteiger partial charge in [0.15, 0.2) is 0 Å². The summed E-state index contributed by atoms with van der Waals surface area (Å²) < 4.78 is 5.07. The number of nitrogens with one attached hydrogen (secondary N) is 1. The first kappa shape index (κ1) is 15.3. The van der Waals surface area contributed by atoms with E-state index in [0.29, 0.717) is 0 Å². The molecular weight excluding hydrogens is 236 g/mol. The summed E-state index contributed by atoms with van der Waals surface area (Å²) >= 11 is 0. The van der Waals surface area contributed by atoms with Crippen LogP contribution in [0, 0.1) is 5.92 Å². The van der Waals surface area contributed by atoms with Crippen molar-refractivity contribution in [1.82, 2.24) is 10.2 Å². The van der Waals surface area contributed by atoms with Gasteiger partial charge in [-0.1, -0.05) is 25.7 Å². The molecule has 2 rings (SSSR count). The van der Waals surface area contributed by atoms with E-state index in [4.69, 9.17) is 4.74 Å². The Hall–Kier alpha value is -0.120. The second-order valence-electron chi connectivity index (χ2n) is 6.32. The van der Waals surface area contributed by atoms with Crippen LogP contribution in [0.2, 0.25) is 0 Å². The fourth-order valence-corrected chi connectivity index (χ4v) is 3.63. The van der Waals surface area contributed by atoms with Gasteiger partial charge in [0.1, 0.15) is 0 Å². The molecule has 1 saturated heterocycles. The van der Waals surface area contributed by atoms with Crippen molar-refractivity contribution in [3.8, 4) is 0 Å². The molecule has 1 saturated carbocycles. The number of likely N-dealkylation sites (tertiary alicyclic amines) is 1. The van der Waals surface area contributed by atoms with Crippen LogP contribution in [0.5, 0.6) is 0 Å². The van der Waals surface area contributed by atoms with Crippen LogP contribution >= 0.6 is 0 Å². The average Bonchev–Trinajstić information content (AvgIpc) is 2.73. The summed E-state index contributed by atoms with van der Waals surface area (Å²) in [5, 5.41) is 3.52. The topological polar surface area (TPSA) is 24.5 Å². The molecule has 1 N–H and O–H groups in total. The first-order chi connectivity index (χ1) is 9.40. The predicted octanol–water partition coefficient (Wildman–Crippen LogP) is 2.66. The van der Waals surface area contributed by atoms with Crippen LogP contribution in [-0.2, 0) is 4.74 Å². The molecule has 3 heteroatoms. The standard InChI is InChI=1S/C16H32N2O/c1-19-13-10-17-14-15-8-11-18(12-9-15)16-6-4-2-3-5-7-16/h15-17H,2-14H2,1H3. The molecule has 0 atom stereocenters. The molecule has 0 aromatic carbocycles. The zero-order valence-electron chi connectivity index (χ0n) is 12.7. The summed E-state index contributed by atoms with van der Waals surface area (Å²) in [7, 11) is 1.77. The Bertz CT molecular complexity index is 219. The first-order valence-corrected chi connectivity index (χ1v) is 8.34. The lowest BCUT2D eigenvalue weighted by atomic mass is 9.94. The van der Waals surface area contributed by atoms with E-state index in [0.717, 1.165) is 25.1 Å². The second kappa shape index (κ2) is 8.93. The van der Waals surface area contributed by atoms with Gasteiger partial charge in [0, 0.05) is 19.7 Å². The first-order valence-electron chi connectivity index (χ1n) is 8.34. The summed E-state index contributed by atoms with van der Waals surface area (Å²) in [6.07, 6.45) is 11.5. The van der Waals surface area contributed by atoms with Crippen molar-refractivity contribution in [2.24, 2.45) is 5.92 Å². The quantitative estimate of drug-likeness (QED) is 0.592. The summed E-state index contributed by atoms with van der Waals surface area (Å²) in [5.74, 6) is 0.888. The number of piperidine rings is 1. The SMILES string of the molecule is COCCNCC1CCN(C2CCCCCC2)CC1. The normalized spacial score (nSPS) is 24.5. The van der Waals surface area contributed by atoms with E-state index < -0.39 is 0 Å². The molecule has 0 bridgehead atoms. The van der Waals surface area contributed by atoms with E-state index in [2.05, 4.69) is 10.2 Å². The zero-order chi connectivity index (χ0) is 13.3. The lowest BCUT2D eigenvalue weighted by Crippen LogP contribution is -2.43. The van der Waals surface area contributed by atoms with E-state index in [1.165, 1.54) is 71.0 Å². The van der Waals surface area contributed by atoms with E-state index in [1.54, 1.807) is 7.11 Å². The monoisotopic (exact) mass is 268 g/mol. The van der Waals surface area contributed by atoms with Crippen molar-refractivity contribution < 1.29 is 4.74 Å². The summed E-state index contributed by atoms with van der Waals surface area (Å²) in [6.45, 7) is 5.69. The highest BCUT2D eigenvalue weighted by Gasteiger charge is 2.25. The van der Waals surface area contributed by atoms with Crippen molar-refractivity contribution in [3.05, 3.63) is 0 Å². The van der Waals surface area contributed by atoms with Gasteiger partial charge in [0.05, 0.1) is 6.61 Å². The van der Waals surface area contributed by atoms with E-state index >= 15 is 0 Å². The van der Waals surface area contributed by atoms with E-state index in [-0.39, 0.29) is 0 Å². The van der Waals surface area contributed by atoms with Gasteiger partial charge in [-0.2, -0.15) is 0 Å². The zero-order valence-corrected chi connectivity index (χ0v) is 12.7. The van der Waals surface area contributed by atoms with Crippen LogP contribution in [0.3, 0.4) is 0 Å². The summed E-state index contributed by atoms with van der Waals surface area (Å²) in [6, 6.07) is 0.907. The Labute approximate surface area is 119 Å². The molecule has 2 fully saturated rings. The van der Waals surface area contributed by atoms with Crippen LogP contribution in [-0.4, -0.2) is 50.8 Å². The molecule has 0 amide bonds. The third kappa shape index (κ3) is 5.41. The highest BCUT2D eigenvalue weighted by Crippen LogP contribution is 2.26. The molecule has 1 heterocycles. The Morgan fingerprint density at radius 3 is 2.32 bits per heavy atom. The maximum Gasteiger partial charge on any atom is 0.0587 e. The van der Waals surface area contributed by atoms with Crippen LogP contribution in [0.1, 0.15) is 51.4 Å². The van der Waals surface area contributed by atoms with E-state index in [1.807, 2.05) is 0 Å². The highest BCUT2D eigenvalue weighted by molar-refractivity contribution is 4.80. The van der Waals surface area contributed by atoms with Gasteiger partial charge in [-0.25, -0.2) is 0 Å². The molecule has 3 nitrogen and oxygen atoms in total. The minimum absolute atomic E-state index is 0.834. The fraction of sp³-hybridized carbons (Fsp3) is 1.00. The predicted molar refractivity (Wildman–Crippen MR) is 80.5 cm³/mol. The van der Waals surface area contributed by atoms with Gasteiger partial charge in [0.25, 0.3) is 0 Å². The molecule has 0 aromatic rings. The van der Waals surface area contributed by atoms with Crippen LogP contribution in [0.4, 0.5) is 0 Å². The molecule has 1 aliphatic carbocycles. The fourth-order valence-electron chi connectivity index (χ4n) is 3.63. The van der Waals surface area contributed by atoms with Gasteiger partial charge < -0.3 is 15.0 Å². The largest absolute Gasteiger partial charge is 0.383 e. The molecular formula is C16H32N2O. The lowest BCUT2D eigenvalue weighted by Gasteiger charge is -2.37. The molecule has 2 aliphatic rings. The molecule has 112 valence electrons. The van der Waals surface area contributed by atoms with Crippen molar-refractivity contribution in [3.63, 3.8) is 0 Å². The van der Waals surface area contributed by atoms with Crippen molar-refractivity contribution in [2.45, 2.75) is 57.4 Å². The van der Waals surface area contributed by atoms with Gasteiger partial charge >= 0.3 is 0 Å². The lowest BCUT2D eigenvalue weighted by molar-refractivity contribution is 0.119. The smallest absolute Gasteiger partial charge is 0.0587 e. The van der Waals surface area contributed by atoms with Crippen molar-refractivity contribution in [2.75, 3.05) is 39.9 Å². The third-order valence-corrected chi connectivity index (χ3v) is 4.91. The van der Waals surface area contributed by atoms with Crippen LogP contribution in [0.15, 0.2) is 0 Å². The molecule has 0 unspecified atom stereocenters. The van der Waals surface area contributed by atoms with Crippen molar-refractivity contribution in [1.29, 1.82) is 0 Å². The molecule has 0 aromatic heterocycles.